The molecule has 0 amide bonds. The van der Waals surface area contributed by atoms with Gasteiger partial charge in [-0.1, -0.05) is 20.3 Å². The molecule has 0 bridgehead atoms. The molecule has 0 spiro atoms. The second-order valence-electron chi connectivity index (χ2n) is 6.16. The molecule has 1 aromatic heterocycles. The molecule has 18 heavy (non-hydrogen) atoms. The van der Waals surface area contributed by atoms with Crippen LogP contribution in [0.3, 0.4) is 0 Å². The van der Waals surface area contributed by atoms with Crippen molar-refractivity contribution in [2.24, 2.45) is 11.8 Å². The highest BCUT2D eigenvalue weighted by molar-refractivity contribution is 5.13. The molecule has 0 radical (unpaired) electrons. The van der Waals surface area contributed by atoms with Crippen LogP contribution >= 0.6 is 0 Å². The highest BCUT2D eigenvalue weighted by atomic mass is 16.3. The van der Waals surface area contributed by atoms with Gasteiger partial charge in [0.05, 0.1) is 5.69 Å². The Kier molecular flexibility index (Phi) is 4.10. The zero-order valence-corrected chi connectivity index (χ0v) is 11.9. The summed E-state index contributed by atoms with van der Waals surface area (Å²) < 4.78 is 1.94. The van der Waals surface area contributed by atoms with Gasteiger partial charge in [-0.25, -0.2) is 0 Å². The van der Waals surface area contributed by atoms with Gasteiger partial charge in [0.1, 0.15) is 5.60 Å². The van der Waals surface area contributed by atoms with E-state index in [4.69, 9.17) is 0 Å². The molecule has 0 aliphatic heterocycles. The molecule has 1 heterocycles. The van der Waals surface area contributed by atoms with E-state index in [-0.39, 0.29) is 0 Å². The quantitative estimate of drug-likeness (QED) is 0.890. The minimum Gasteiger partial charge on any atom is -0.384 e. The lowest BCUT2D eigenvalue weighted by atomic mass is 9.73. The Morgan fingerprint density at radius 3 is 3.00 bits per heavy atom. The third-order valence-electron chi connectivity index (χ3n) is 4.13. The second kappa shape index (κ2) is 5.43. The Labute approximate surface area is 110 Å². The van der Waals surface area contributed by atoms with Crippen LogP contribution in [0, 0.1) is 11.8 Å². The molecular weight excluding hydrogens is 224 g/mol. The van der Waals surface area contributed by atoms with E-state index >= 15 is 0 Å². The molecule has 3 nitrogen and oxygen atoms in total. The molecule has 1 aliphatic rings. The normalized spacial score (nSPS) is 28.8. The Morgan fingerprint density at radius 1 is 1.56 bits per heavy atom. The molecule has 0 saturated heterocycles. The van der Waals surface area contributed by atoms with E-state index in [0.717, 1.165) is 31.5 Å². The predicted molar refractivity (Wildman–Crippen MR) is 73.2 cm³/mol. The van der Waals surface area contributed by atoms with Gasteiger partial charge in [-0.05, 0) is 50.5 Å². The lowest BCUT2D eigenvalue weighted by molar-refractivity contribution is -0.0315. The average molecular weight is 250 g/mol. The van der Waals surface area contributed by atoms with Gasteiger partial charge in [-0.3, -0.25) is 4.68 Å². The first-order chi connectivity index (χ1) is 8.55. The van der Waals surface area contributed by atoms with Crippen LogP contribution in [-0.4, -0.2) is 14.9 Å². The molecule has 2 rings (SSSR count). The smallest absolute Gasteiger partial charge is 0.106 e. The Morgan fingerprint density at radius 2 is 2.33 bits per heavy atom. The van der Waals surface area contributed by atoms with Crippen LogP contribution in [0.1, 0.15) is 58.6 Å². The second-order valence-corrected chi connectivity index (χ2v) is 6.16. The van der Waals surface area contributed by atoms with E-state index in [0.29, 0.717) is 11.8 Å². The standard InChI is InChI=1S/C15H26N2O/c1-4-17-14(7-9-16-17)15(18)8-5-6-13(11-15)10-12(2)3/h7,9,12-13,18H,4-6,8,10-11H2,1-3H3. The Hall–Kier alpha value is -0.830. The largest absolute Gasteiger partial charge is 0.384 e. The van der Waals surface area contributed by atoms with Crippen LogP contribution in [0.15, 0.2) is 12.3 Å². The summed E-state index contributed by atoms with van der Waals surface area (Å²) in [5.74, 6) is 1.37. The number of aryl methyl sites for hydroxylation is 1. The zero-order chi connectivity index (χ0) is 13.2. The van der Waals surface area contributed by atoms with Crippen molar-refractivity contribution in [2.45, 2.75) is 65.0 Å². The molecule has 1 aromatic rings. The van der Waals surface area contributed by atoms with Crippen molar-refractivity contribution < 1.29 is 5.11 Å². The maximum absolute atomic E-state index is 11.0. The average Bonchev–Trinajstić information content (AvgIpc) is 2.76. The fourth-order valence-electron chi connectivity index (χ4n) is 3.45. The van der Waals surface area contributed by atoms with Crippen LogP contribution in [0.25, 0.3) is 0 Å². The topological polar surface area (TPSA) is 38.0 Å². The molecular formula is C15H26N2O. The molecule has 0 aromatic carbocycles. The van der Waals surface area contributed by atoms with Crippen molar-refractivity contribution in [1.82, 2.24) is 9.78 Å². The number of aliphatic hydroxyl groups is 1. The van der Waals surface area contributed by atoms with Crippen LogP contribution in [0.2, 0.25) is 0 Å². The van der Waals surface area contributed by atoms with Gasteiger partial charge in [-0.15, -0.1) is 0 Å². The van der Waals surface area contributed by atoms with Crippen molar-refractivity contribution in [1.29, 1.82) is 0 Å². The molecule has 3 heteroatoms. The van der Waals surface area contributed by atoms with Crippen molar-refractivity contribution in [3.63, 3.8) is 0 Å². The van der Waals surface area contributed by atoms with E-state index in [1.54, 1.807) is 0 Å². The molecule has 1 saturated carbocycles. The van der Waals surface area contributed by atoms with Crippen LogP contribution in [0.5, 0.6) is 0 Å². The van der Waals surface area contributed by atoms with Gasteiger partial charge >= 0.3 is 0 Å². The third kappa shape index (κ3) is 2.77. The number of hydrogen-bond acceptors (Lipinski definition) is 2. The van der Waals surface area contributed by atoms with Gasteiger partial charge in [0.25, 0.3) is 0 Å². The van der Waals surface area contributed by atoms with Gasteiger partial charge in [0.15, 0.2) is 0 Å². The maximum Gasteiger partial charge on any atom is 0.106 e. The van der Waals surface area contributed by atoms with Crippen molar-refractivity contribution in [2.75, 3.05) is 0 Å². The summed E-state index contributed by atoms with van der Waals surface area (Å²) in [6.45, 7) is 7.45. The van der Waals surface area contributed by atoms with Gasteiger partial charge in [0, 0.05) is 12.7 Å². The van der Waals surface area contributed by atoms with Gasteiger partial charge < -0.3 is 5.11 Å². The van der Waals surface area contributed by atoms with Gasteiger partial charge in [-0.2, -0.15) is 5.10 Å². The van der Waals surface area contributed by atoms with Crippen LogP contribution in [0.4, 0.5) is 0 Å². The summed E-state index contributed by atoms with van der Waals surface area (Å²) >= 11 is 0. The molecule has 1 N–H and O–H groups in total. The van der Waals surface area contributed by atoms with Crippen molar-refractivity contribution in [3.8, 4) is 0 Å². The molecule has 2 atom stereocenters. The summed E-state index contributed by atoms with van der Waals surface area (Å²) in [7, 11) is 0. The van der Waals surface area contributed by atoms with Crippen LogP contribution in [-0.2, 0) is 12.1 Å². The summed E-state index contributed by atoms with van der Waals surface area (Å²) in [5.41, 5.74) is 0.364. The highest BCUT2D eigenvalue weighted by Gasteiger charge is 2.38. The van der Waals surface area contributed by atoms with Crippen molar-refractivity contribution in [3.05, 3.63) is 18.0 Å². The minimum absolute atomic E-state index is 0.648. The van der Waals surface area contributed by atoms with E-state index in [9.17, 15) is 5.11 Å². The Bertz CT molecular complexity index is 386. The molecule has 2 unspecified atom stereocenters. The maximum atomic E-state index is 11.0. The van der Waals surface area contributed by atoms with E-state index in [1.165, 1.54) is 12.8 Å². The zero-order valence-electron chi connectivity index (χ0n) is 11.9. The summed E-state index contributed by atoms with van der Waals surface area (Å²) in [4.78, 5) is 0. The number of nitrogens with zero attached hydrogens (tertiary/aromatic N) is 2. The lowest BCUT2D eigenvalue weighted by Gasteiger charge is -2.37. The summed E-state index contributed by atoms with van der Waals surface area (Å²) in [6, 6.07) is 1.99. The number of aromatic nitrogens is 2. The first-order valence-corrected chi connectivity index (χ1v) is 7.30. The summed E-state index contributed by atoms with van der Waals surface area (Å²) in [6.07, 6.45) is 7.21. The fourth-order valence-corrected chi connectivity index (χ4v) is 3.45. The fraction of sp³-hybridized carbons (Fsp3) is 0.800. The van der Waals surface area contributed by atoms with E-state index in [2.05, 4.69) is 25.9 Å². The lowest BCUT2D eigenvalue weighted by Crippen LogP contribution is -2.35. The van der Waals surface area contributed by atoms with Gasteiger partial charge in [0.2, 0.25) is 0 Å². The first kappa shape index (κ1) is 13.6. The van der Waals surface area contributed by atoms with Crippen molar-refractivity contribution >= 4 is 0 Å². The SMILES string of the molecule is CCn1nccc1C1(O)CCCC(CC(C)C)C1. The number of rotatable bonds is 4. The number of hydrogen-bond donors (Lipinski definition) is 1. The molecule has 102 valence electrons. The summed E-state index contributed by atoms with van der Waals surface area (Å²) in [5, 5.41) is 15.3. The molecule has 1 aliphatic carbocycles. The monoisotopic (exact) mass is 250 g/mol. The van der Waals surface area contributed by atoms with E-state index < -0.39 is 5.60 Å². The minimum atomic E-state index is -0.648. The molecule has 1 fully saturated rings. The highest BCUT2D eigenvalue weighted by Crippen LogP contribution is 2.41. The Balaban J connectivity index is 2.15. The van der Waals surface area contributed by atoms with E-state index in [1.807, 2.05) is 16.9 Å². The first-order valence-electron chi connectivity index (χ1n) is 7.30. The predicted octanol–water partition coefficient (Wildman–Crippen LogP) is 3.33. The third-order valence-corrected chi connectivity index (χ3v) is 4.13. The van der Waals surface area contributed by atoms with Crippen LogP contribution < -0.4 is 0 Å².